The molecule has 2 N–H and O–H groups in total. The van der Waals surface area contributed by atoms with Crippen molar-refractivity contribution in [3.63, 3.8) is 0 Å². The minimum Gasteiger partial charge on any atom is -0.336 e. The zero-order chi connectivity index (χ0) is 15.3. The van der Waals surface area contributed by atoms with Crippen molar-refractivity contribution in [1.82, 2.24) is 4.90 Å². The number of hydrogen-bond donors (Lipinski definition) is 1. The lowest BCUT2D eigenvalue weighted by atomic mass is 9.86. The van der Waals surface area contributed by atoms with Crippen molar-refractivity contribution in [3.05, 3.63) is 35.4 Å². The van der Waals surface area contributed by atoms with Gasteiger partial charge in [-0.3, -0.25) is 4.79 Å². The van der Waals surface area contributed by atoms with Gasteiger partial charge in [0, 0.05) is 18.2 Å². The van der Waals surface area contributed by atoms with Gasteiger partial charge < -0.3 is 10.6 Å². The van der Waals surface area contributed by atoms with Crippen LogP contribution in [0, 0.1) is 0 Å². The van der Waals surface area contributed by atoms with E-state index in [-0.39, 0.29) is 17.4 Å². The summed E-state index contributed by atoms with van der Waals surface area (Å²) in [6.07, 6.45) is 0.837. The van der Waals surface area contributed by atoms with Gasteiger partial charge in [-0.1, -0.05) is 32.9 Å². The molecule has 0 unspecified atom stereocenters. The largest absolute Gasteiger partial charge is 0.336 e. The van der Waals surface area contributed by atoms with Crippen LogP contribution < -0.4 is 5.73 Å². The minimum atomic E-state index is 0.0916. The molecule has 3 nitrogen and oxygen atoms in total. The Labute approximate surface area is 123 Å². The van der Waals surface area contributed by atoms with Gasteiger partial charge in [0.2, 0.25) is 0 Å². The van der Waals surface area contributed by atoms with Crippen LogP contribution in [0.25, 0.3) is 0 Å². The highest BCUT2D eigenvalue weighted by Gasteiger charge is 2.19. The molecule has 0 saturated carbocycles. The van der Waals surface area contributed by atoms with Gasteiger partial charge in [0.25, 0.3) is 5.91 Å². The first-order valence-electron chi connectivity index (χ1n) is 7.39. The highest BCUT2D eigenvalue weighted by molar-refractivity contribution is 5.94. The smallest absolute Gasteiger partial charge is 0.254 e. The number of carbonyl (C=O) groups excluding carboxylic acids is 1. The Morgan fingerprint density at radius 3 is 2.15 bits per heavy atom. The molecular weight excluding hydrogens is 248 g/mol. The maximum atomic E-state index is 12.5. The average Bonchev–Trinajstić information content (AvgIpc) is 2.37. The van der Waals surface area contributed by atoms with Crippen molar-refractivity contribution < 1.29 is 4.79 Å². The third-order valence-electron chi connectivity index (χ3n) is 3.49. The minimum absolute atomic E-state index is 0.0916. The molecule has 20 heavy (non-hydrogen) atoms. The van der Waals surface area contributed by atoms with E-state index in [0.29, 0.717) is 13.1 Å². The molecule has 0 aromatic heterocycles. The summed E-state index contributed by atoms with van der Waals surface area (Å²) in [7, 11) is 0. The predicted molar refractivity (Wildman–Crippen MR) is 85.0 cm³/mol. The molecule has 0 spiro atoms. The first kappa shape index (κ1) is 16.7. The molecule has 0 radical (unpaired) electrons. The molecule has 0 aliphatic rings. The van der Waals surface area contributed by atoms with E-state index in [9.17, 15) is 4.79 Å². The van der Waals surface area contributed by atoms with Gasteiger partial charge in [0.1, 0.15) is 0 Å². The Hall–Kier alpha value is -1.35. The molecule has 0 bridgehead atoms. The SMILES string of the molecule is CC(C)N(CCCN)C(=O)c1ccc(C(C)(C)C)cc1. The van der Waals surface area contributed by atoms with Gasteiger partial charge in [-0.25, -0.2) is 0 Å². The van der Waals surface area contributed by atoms with Gasteiger partial charge in [-0.05, 0) is 49.9 Å². The van der Waals surface area contributed by atoms with Gasteiger partial charge in [0.05, 0.1) is 0 Å². The Morgan fingerprint density at radius 2 is 1.75 bits per heavy atom. The second kappa shape index (κ2) is 6.89. The fourth-order valence-corrected chi connectivity index (χ4v) is 2.13. The quantitative estimate of drug-likeness (QED) is 0.897. The van der Waals surface area contributed by atoms with Crippen molar-refractivity contribution >= 4 is 5.91 Å². The van der Waals surface area contributed by atoms with E-state index in [0.717, 1.165) is 12.0 Å². The molecule has 0 aliphatic carbocycles. The maximum absolute atomic E-state index is 12.5. The van der Waals surface area contributed by atoms with Crippen molar-refractivity contribution in [2.24, 2.45) is 5.73 Å². The van der Waals surface area contributed by atoms with Crippen molar-refractivity contribution in [3.8, 4) is 0 Å². The summed E-state index contributed by atoms with van der Waals surface area (Å²) in [6.45, 7) is 11.9. The molecule has 0 saturated heterocycles. The Morgan fingerprint density at radius 1 is 1.20 bits per heavy atom. The molecule has 1 amide bonds. The molecule has 0 fully saturated rings. The van der Waals surface area contributed by atoms with Crippen LogP contribution in [0.15, 0.2) is 24.3 Å². The maximum Gasteiger partial charge on any atom is 0.254 e. The van der Waals surface area contributed by atoms with Crippen molar-refractivity contribution in [2.45, 2.75) is 52.5 Å². The van der Waals surface area contributed by atoms with Gasteiger partial charge >= 0.3 is 0 Å². The van der Waals surface area contributed by atoms with E-state index < -0.39 is 0 Å². The monoisotopic (exact) mass is 276 g/mol. The normalized spacial score (nSPS) is 11.8. The Bertz CT molecular complexity index is 429. The zero-order valence-corrected chi connectivity index (χ0v) is 13.4. The second-order valence-electron chi connectivity index (χ2n) is 6.56. The summed E-state index contributed by atoms with van der Waals surface area (Å²) >= 11 is 0. The lowest BCUT2D eigenvalue weighted by Gasteiger charge is -2.27. The number of amides is 1. The summed E-state index contributed by atoms with van der Waals surface area (Å²) in [5.41, 5.74) is 7.65. The lowest BCUT2D eigenvalue weighted by Crippen LogP contribution is -2.38. The fourth-order valence-electron chi connectivity index (χ4n) is 2.13. The topological polar surface area (TPSA) is 46.3 Å². The molecular formula is C17H28N2O. The molecule has 1 aromatic carbocycles. The summed E-state index contributed by atoms with van der Waals surface area (Å²) in [5.74, 6) is 0.0916. The van der Waals surface area contributed by atoms with Crippen LogP contribution in [0.2, 0.25) is 0 Å². The number of benzene rings is 1. The molecule has 3 heteroatoms. The van der Waals surface area contributed by atoms with Crippen molar-refractivity contribution in [1.29, 1.82) is 0 Å². The molecule has 0 atom stereocenters. The van der Waals surface area contributed by atoms with Crippen molar-refractivity contribution in [2.75, 3.05) is 13.1 Å². The molecule has 0 heterocycles. The number of carbonyl (C=O) groups is 1. The lowest BCUT2D eigenvalue weighted by molar-refractivity contribution is 0.0705. The third-order valence-corrected chi connectivity index (χ3v) is 3.49. The zero-order valence-electron chi connectivity index (χ0n) is 13.4. The van der Waals surface area contributed by atoms with E-state index in [1.807, 2.05) is 30.9 Å². The first-order chi connectivity index (χ1) is 9.27. The Kier molecular flexibility index (Phi) is 5.75. The third kappa shape index (κ3) is 4.34. The van der Waals surface area contributed by atoms with Gasteiger partial charge in [-0.2, -0.15) is 0 Å². The number of nitrogens with zero attached hydrogens (tertiary/aromatic N) is 1. The van der Waals surface area contributed by atoms with E-state index in [1.54, 1.807) is 0 Å². The number of hydrogen-bond acceptors (Lipinski definition) is 2. The van der Waals surface area contributed by atoms with E-state index in [2.05, 4.69) is 32.9 Å². The van der Waals surface area contributed by atoms with E-state index in [1.165, 1.54) is 5.56 Å². The molecule has 0 aliphatic heterocycles. The van der Waals surface area contributed by atoms with Crippen LogP contribution in [-0.2, 0) is 5.41 Å². The van der Waals surface area contributed by atoms with Crippen LogP contribution in [0.3, 0.4) is 0 Å². The number of nitrogens with two attached hydrogens (primary N) is 1. The van der Waals surface area contributed by atoms with Crippen LogP contribution in [0.4, 0.5) is 0 Å². The predicted octanol–water partition coefficient (Wildman–Crippen LogP) is 3.18. The van der Waals surface area contributed by atoms with Crippen LogP contribution in [-0.4, -0.2) is 29.9 Å². The summed E-state index contributed by atoms with van der Waals surface area (Å²) in [5, 5.41) is 0. The first-order valence-corrected chi connectivity index (χ1v) is 7.39. The van der Waals surface area contributed by atoms with Crippen LogP contribution >= 0.6 is 0 Å². The highest BCUT2D eigenvalue weighted by atomic mass is 16.2. The Balaban J connectivity index is 2.89. The molecule has 1 rings (SSSR count). The summed E-state index contributed by atoms with van der Waals surface area (Å²) in [4.78, 5) is 14.4. The summed E-state index contributed by atoms with van der Waals surface area (Å²) < 4.78 is 0. The summed E-state index contributed by atoms with van der Waals surface area (Å²) in [6, 6.07) is 8.15. The van der Waals surface area contributed by atoms with Gasteiger partial charge in [0.15, 0.2) is 0 Å². The molecule has 112 valence electrons. The highest BCUT2D eigenvalue weighted by Crippen LogP contribution is 2.22. The molecule has 1 aromatic rings. The van der Waals surface area contributed by atoms with Gasteiger partial charge in [-0.15, -0.1) is 0 Å². The van der Waals surface area contributed by atoms with E-state index >= 15 is 0 Å². The second-order valence-corrected chi connectivity index (χ2v) is 6.56. The number of rotatable bonds is 5. The fraction of sp³-hybridized carbons (Fsp3) is 0.588. The van der Waals surface area contributed by atoms with Crippen LogP contribution in [0.1, 0.15) is 57.0 Å². The van der Waals surface area contributed by atoms with E-state index in [4.69, 9.17) is 5.73 Å². The standard InChI is InChI=1S/C17H28N2O/c1-13(2)19(12-6-11-18)16(20)14-7-9-15(10-8-14)17(3,4)5/h7-10,13H,6,11-12,18H2,1-5H3. The average molecular weight is 276 g/mol. The van der Waals surface area contributed by atoms with Crippen LogP contribution in [0.5, 0.6) is 0 Å².